The lowest BCUT2D eigenvalue weighted by molar-refractivity contribution is 0.568. The van der Waals surface area contributed by atoms with Crippen LogP contribution in [0.15, 0.2) is 186 Å². The van der Waals surface area contributed by atoms with Gasteiger partial charge in [0.15, 0.2) is 0 Å². The molecule has 9 aromatic rings. The van der Waals surface area contributed by atoms with Crippen molar-refractivity contribution >= 4 is 49.6 Å². The van der Waals surface area contributed by atoms with Gasteiger partial charge in [-0.3, -0.25) is 0 Å². The summed E-state index contributed by atoms with van der Waals surface area (Å²) in [4.78, 5) is 2.38. The molecule has 0 saturated heterocycles. The highest BCUT2D eigenvalue weighted by atomic mass is 16.3. The van der Waals surface area contributed by atoms with Gasteiger partial charge in [-0.05, 0) is 86.1 Å². The van der Waals surface area contributed by atoms with Crippen LogP contribution in [0.1, 0.15) is 26.3 Å². The van der Waals surface area contributed by atoms with Crippen LogP contribution >= 0.6 is 0 Å². The average molecular weight is 670 g/mol. The normalized spacial score (nSPS) is 11.8. The summed E-state index contributed by atoms with van der Waals surface area (Å²) >= 11 is 0. The molecule has 0 atom stereocenters. The molecule has 8 aromatic carbocycles. The molecule has 0 aliphatic rings. The number of fused-ring (bicyclic) bond motifs is 4. The van der Waals surface area contributed by atoms with E-state index in [-0.39, 0.29) is 5.41 Å². The van der Waals surface area contributed by atoms with E-state index in [2.05, 4.69) is 202 Å². The second kappa shape index (κ2) is 12.7. The van der Waals surface area contributed by atoms with Gasteiger partial charge in [-0.1, -0.05) is 160 Å². The molecule has 0 radical (unpaired) electrons. The monoisotopic (exact) mass is 669 g/mol. The van der Waals surface area contributed by atoms with Gasteiger partial charge in [-0.15, -0.1) is 0 Å². The van der Waals surface area contributed by atoms with Crippen molar-refractivity contribution in [3.8, 4) is 33.6 Å². The highest BCUT2D eigenvalue weighted by molar-refractivity contribution is 6.08. The van der Waals surface area contributed by atoms with Crippen LogP contribution in [0.2, 0.25) is 0 Å². The van der Waals surface area contributed by atoms with Crippen LogP contribution in [0.25, 0.3) is 66.1 Å². The number of benzene rings is 8. The zero-order valence-electron chi connectivity index (χ0n) is 29.7. The third-order valence-electron chi connectivity index (χ3n) is 10.1. The highest BCUT2D eigenvalue weighted by Gasteiger charge is 2.27. The minimum absolute atomic E-state index is 0.108. The molecular weight excluding hydrogens is 631 g/mol. The molecule has 250 valence electrons. The van der Waals surface area contributed by atoms with E-state index < -0.39 is 0 Å². The van der Waals surface area contributed by atoms with E-state index in [1.807, 2.05) is 6.07 Å². The third kappa shape index (κ3) is 5.63. The minimum Gasteiger partial charge on any atom is -0.456 e. The van der Waals surface area contributed by atoms with E-state index in [0.717, 1.165) is 34.0 Å². The molecule has 0 unspecified atom stereocenters. The molecule has 0 fully saturated rings. The van der Waals surface area contributed by atoms with Crippen molar-refractivity contribution in [1.29, 1.82) is 0 Å². The van der Waals surface area contributed by atoms with E-state index >= 15 is 0 Å². The first-order valence-corrected chi connectivity index (χ1v) is 18.0. The molecule has 0 spiro atoms. The summed E-state index contributed by atoms with van der Waals surface area (Å²) < 4.78 is 6.65. The predicted molar refractivity (Wildman–Crippen MR) is 221 cm³/mol. The average Bonchev–Trinajstić information content (AvgIpc) is 3.60. The van der Waals surface area contributed by atoms with Crippen molar-refractivity contribution in [3.63, 3.8) is 0 Å². The van der Waals surface area contributed by atoms with Crippen LogP contribution < -0.4 is 4.90 Å². The number of furan rings is 1. The van der Waals surface area contributed by atoms with Crippen molar-refractivity contribution in [2.45, 2.75) is 26.2 Å². The van der Waals surface area contributed by atoms with E-state index in [0.29, 0.717) is 0 Å². The zero-order valence-corrected chi connectivity index (χ0v) is 29.7. The number of para-hydroxylation sites is 2. The Balaban J connectivity index is 1.18. The van der Waals surface area contributed by atoms with Gasteiger partial charge >= 0.3 is 0 Å². The van der Waals surface area contributed by atoms with Gasteiger partial charge in [0.2, 0.25) is 0 Å². The maximum atomic E-state index is 6.65. The highest BCUT2D eigenvalue weighted by Crippen LogP contribution is 2.45. The van der Waals surface area contributed by atoms with Crippen LogP contribution in [-0.4, -0.2) is 0 Å². The lowest BCUT2D eigenvalue weighted by Gasteiger charge is -2.28. The number of hydrogen-bond acceptors (Lipinski definition) is 2. The van der Waals surface area contributed by atoms with Crippen LogP contribution in [0.4, 0.5) is 17.1 Å². The molecule has 0 saturated carbocycles. The standard InChI is InChI=1S/C50H39NO/c1-50(2,3)48-45-21-10-12-23-47(45)52-49(48)39-17-13-18-41(33-39)51(46-22-11-9-20-44(46)35-14-5-4-6-15-35)40-29-26-34(27-30-40)37-28-31-43-38(32-37)25-24-36-16-7-8-19-42(36)43/h4-33H,1-3H3. The molecule has 1 aromatic heterocycles. The quantitative estimate of drug-likeness (QED) is 0.164. The van der Waals surface area contributed by atoms with Crippen molar-refractivity contribution < 1.29 is 4.42 Å². The maximum absolute atomic E-state index is 6.65. The van der Waals surface area contributed by atoms with Gasteiger partial charge < -0.3 is 9.32 Å². The first-order valence-electron chi connectivity index (χ1n) is 18.0. The lowest BCUT2D eigenvalue weighted by Crippen LogP contribution is -2.12. The minimum atomic E-state index is -0.108. The SMILES string of the molecule is CC(C)(C)c1c(-c2cccc(N(c3ccc(-c4ccc5c(ccc6ccccc65)c4)cc3)c3ccccc3-c3ccccc3)c2)oc2ccccc12. The van der Waals surface area contributed by atoms with Crippen LogP contribution in [-0.2, 0) is 5.41 Å². The number of nitrogens with zero attached hydrogens (tertiary/aromatic N) is 1. The second-order valence-corrected chi connectivity index (χ2v) is 14.6. The Labute approximate surface area is 305 Å². The smallest absolute Gasteiger partial charge is 0.139 e. The molecular formula is C50H39NO. The maximum Gasteiger partial charge on any atom is 0.139 e. The third-order valence-corrected chi connectivity index (χ3v) is 10.1. The fourth-order valence-corrected chi connectivity index (χ4v) is 7.73. The Morgan fingerprint density at radius 3 is 1.90 bits per heavy atom. The van der Waals surface area contributed by atoms with Gasteiger partial charge in [0, 0.05) is 33.5 Å². The molecule has 2 heteroatoms. The second-order valence-electron chi connectivity index (χ2n) is 14.6. The van der Waals surface area contributed by atoms with E-state index in [1.54, 1.807) is 0 Å². The number of anilines is 3. The Morgan fingerprint density at radius 1 is 0.423 bits per heavy atom. The van der Waals surface area contributed by atoms with Gasteiger partial charge in [0.1, 0.15) is 11.3 Å². The summed E-state index contributed by atoms with van der Waals surface area (Å²) in [7, 11) is 0. The van der Waals surface area contributed by atoms with Gasteiger partial charge in [-0.2, -0.15) is 0 Å². The van der Waals surface area contributed by atoms with Crippen molar-refractivity contribution in [3.05, 3.63) is 188 Å². The summed E-state index contributed by atoms with van der Waals surface area (Å²) in [5, 5.41) is 6.24. The Bertz CT molecular complexity index is 2710. The van der Waals surface area contributed by atoms with Crippen LogP contribution in [0.3, 0.4) is 0 Å². The first kappa shape index (κ1) is 31.6. The molecule has 0 amide bonds. The van der Waals surface area contributed by atoms with Crippen molar-refractivity contribution in [2.75, 3.05) is 4.90 Å². The molecule has 1 heterocycles. The molecule has 52 heavy (non-hydrogen) atoms. The molecule has 9 rings (SSSR count). The summed E-state index contributed by atoms with van der Waals surface area (Å²) in [5.74, 6) is 0.922. The fraction of sp³-hybridized carbons (Fsp3) is 0.0800. The summed E-state index contributed by atoms with van der Waals surface area (Å²) in [6.07, 6.45) is 0. The summed E-state index contributed by atoms with van der Waals surface area (Å²) in [6, 6.07) is 65.4. The summed E-state index contributed by atoms with van der Waals surface area (Å²) in [6.45, 7) is 6.79. The lowest BCUT2D eigenvalue weighted by atomic mass is 9.83. The van der Waals surface area contributed by atoms with Gasteiger partial charge in [0.25, 0.3) is 0 Å². The number of rotatable bonds is 6. The molecule has 0 aliphatic carbocycles. The Kier molecular flexibility index (Phi) is 7.74. The molecule has 0 N–H and O–H groups in total. The number of hydrogen-bond donors (Lipinski definition) is 0. The summed E-state index contributed by atoms with van der Waals surface area (Å²) in [5.41, 5.74) is 11.1. The fourth-order valence-electron chi connectivity index (χ4n) is 7.73. The van der Waals surface area contributed by atoms with Crippen LogP contribution in [0.5, 0.6) is 0 Å². The van der Waals surface area contributed by atoms with E-state index in [1.165, 1.54) is 54.7 Å². The largest absolute Gasteiger partial charge is 0.456 e. The van der Waals surface area contributed by atoms with Gasteiger partial charge in [0.05, 0.1) is 5.69 Å². The van der Waals surface area contributed by atoms with E-state index in [9.17, 15) is 0 Å². The first-order chi connectivity index (χ1) is 25.4. The zero-order chi connectivity index (χ0) is 35.2. The molecule has 0 bridgehead atoms. The van der Waals surface area contributed by atoms with Crippen molar-refractivity contribution in [2.24, 2.45) is 0 Å². The Hall–Kier alpha value is -6.38. The molecule has 0 aliphatic heterocycles. The predicted octanol–water partition coefficient (Wildman–Crippen LogP) is 14.5. The van der Waals surface area contributed by atoms with Gasteiger partial charge in [-0.25, -0.2) is 0 Å². The Morgan fingerprint density at radius 2 is 1.08 bits per heavy atom. The van der Waals surface area contributed by atoms with Crippen LogP contribution in [0, 0.1) is 0 Å². The topological polar surface area (TPSA) is 16.4 Å². The van der Waals surface area contributed by atoms with Crippen molar-refractivity contribution in [1.82, 2.24) is 0 Å². The molecule has 2 nitrogen and oxygen atoms in total. The van der Waals surface area contributed by atoms with E-state index in [4.69, 9.17) is 4.42 Å².